The zero-order chi connectivity index (χ0) is 15.0. The average molecular weight is 294 g/mol. The molecule has 0 aromatic rings. The number of piperidine rings is 1. The van der Waals surface area contributed by atoms with E-state index in [-0.39, 0.29) is 25.2 Å². The van der Waals surface area contributed by atoms with E-state index >= 15 is 0 Å². The molecule has 116 valence electrons. The molecule has 7 heteroatoms. The molecule has 2 N–H and O–H groups in total. The van der Waals surface area contributed by atoms with E-state index in [1.165, 1.54) is 17.7 Å². The summed E-state index contributed by atoms with van der Waals surface area (Å²) in [6, 6.07) is -0.291. The Hall–Kier alpha value is -0.980. The van der Waals surface area contributed by atoms with Crippen molar-refractivity contribution >= 4 is 6.03 Å². The first-order valence-electron chi connectivity index (χ1n) is 7.06. The Balaban J connectivity index is 1.79. The molecule has 0 spiro atoms. The minimum absolute atomic E-state index is 0.0402. The molecule has 1 atom stereocenters. The smallest absolute Gasteiger partial charge is 0.380 e. The van der Waals surface area contributed by atoms with Gasteiger partial charge in [0.15, 0.2) is 5.60 Å². The molecule has 1 aliphatic heterocycles. The van der Waals surface area contributed by atoms with Gasteiger partial charge in [-0.15, -0.1) is 0 Å². The number of hydrogen-bond acceptors (Lipinski definition) is 2. The van der Waals surface area contributed by atoms with Gasteiger partial charge in [-0.05, 0) is 19.3 Å². The van der Waals surface area contributed by atoms with Gasteiger partial charge < -0.3 is 15.3 Å². The second-order valence-corrected chi connectivity index (χ2v) is 6.05. The van der Waals surface area contributed by atoms with E-state index in [4.69, 9.17) is 0 Å². The Morgan fingerprint density at radius 1 is 1.40 bits per heavy atom. The van der Waals surface area contributed by atoms with Gasteiger partial charge in [-0.2, -0.15) is 13.2 Å². The second kappa shape index (κ2) is 5.42. The van der Waals surface area contributed by atoms with Crippen LogP contribution in [0.3, 0.4) is 0 Å². The quantitative estimate of drug-likeness (QED) is 0.839. The van der Waals surface area contributed by atoms with Crippen LogP contribution in [0.4, 0.5) is 18.0 Å². The highest BCUT2D eigenvalue weighted by molar-refractivity contribution is 5.74. The maximum atomic E-state index is 12.6. The summed E-state index contributed by atoms with van der Waals surface area (Å²) in [5, 5.41) is 12.3. The van der Waals surface area contributed by atoms with Crippen LogP contribution < -0.4 is 5.32 Å². The fourth-order valence-electron chi connectivity index (χ4n) is 2.58. The van der Waals surface area contributed by atoms with Crippen LogP contribution in [0.2, 0.25) is 0 Å². The van der Waals surface area contributed by atoms with E-state index in [9.17, 15) is 23.1 Å². The van der Waals surface area contributed by atoms with Crippen molar-refractivity contribution in [3.8, 4) is 0 Å². The van der Waals surface area contributed by atoms with Gasteiger partial charge in [-0.25, -0.2) is 4.79 Å². The molecule has 20 heavy (non-hydrogen) atoms. The summed E-state index contributed by atoms with van der Waals surface area (Å²) in [7, 11) is 0. The lowest BCUT2D eigenvalue weighted by molar-refractivity contribution is -0.271. The summed E-state index contributed by atoms with van der Waals surface area (Å²) >= 11 is 0. The number of hydrogen-bond donors (Lipinski definition) is 2. The van der Waals surface area contributed by atoms with Crippen molar-refractivity contribution in [3.63, 3.8) is 0 Å². The number of rotatable bonds is 3. The lowest BCUT2D eigenvalue weighted by Crippen LogP contribution is -2.56. The first kappa shape index (κ1) is 15.4. The number of carbonyl (C=O) groups is 1. The Labute approximate surface area is 116 Å². The largest absolute Gasteiger partial charge is 0.417 e. The summed E-state index contributed by atoms with van der Waals surface area (Å²) in [4.78, 5) is 13.3. The number of halogens is 3. The van der Waals surface area contributed by atoms with E-state index in [1.54, 1.807) is 0 Å². The minimum Gasteiger partial charge on any atom is -0.380 e. The fraction of sp³-hybridized carbons (Fsp3) is 0.923. The number of alkyl halides is 3. The summed E-state index contributed by atoms with van der Waals surface area (Å²) in [6.07, 6.45) is -2.23. The number of nitrogens with zero attached hydrogens (tertiary/aromatic N) is 1. The Bertz CT molecular complexity index is 361. The number of likely N-dealkylation sites (tertiary alicyclic amines) is 1. The van der Waals surface area contributed by atoms with Crippen molar-refractivity contribution in [1.82, 2.24) is 10.2 Å². The monoisotopic (exact) mass is 294 g/mol. The van der Waals surface area contributed by atoms with Crippen LogP contribution in [0, 0.1) is 5.92 Å². The predicted octanol–water partition coefficient (Wildman–Crippen LogP) is 2.27. The fourth-order valence-corrected chi connectivity index (χ4v) is 2.58. The van der Waals surface area contributed by atoms with Crippen molar-refractivity contribution in [3.05, 3.63) is 0 Å². The molecular weight excluding hydrogens is 273 g/mol. The lowest BCUT2D eigenvalue weighted by Gasteiger charge is -2.39. The third kappa shape index (κ3) is 3.56. The summed E-state index contributed by atoms with van der Waals surface area (Å²) in [5.74, 6) is 0.682. The first-order chi connectivity index (χ1) is 9.21. The molecule has 2 rings (SSSR count). The molecule has 4 nitrogen and oxygen atoms in total. The van der Waals surface area contributed by atoms with Gasteiger partial charge in [0.25, 0.3) is 0 Å². The molecular formula is C13H21F3N2O2. The van der Waals surface area contributed by atoms with E-state index in [0.29, 0.717) is 5.92 Å². The molecule has 1 saturated heterocycles. The van der Waals surface area contributed by atoms with E-state index in [0.717, 1.165) is 6.42 Å². The van der Waals surface area contributed by atoms with Crippen molar-refractivity contribution in [1.29, 1.82) is 0 Å². The second-order valence-electron chi connectivity index (χ2n) is 6.05. The van der Waals surface area contributed by atoms with Gasteiger partial charge in [0.2, 0.25) is 0 Å². The van der Waals surface area contributed by atoms with Gasteiger partial charge in [-0.3, -0.25) is 0 Å². The molecule has 0 bridgehead atoms. The molecule has 0 radical (unpaired) electrons. The average Bonchev–Trinajstić information content (AvgIpc) is 3.12. The highest BCUT2D eigenvalue weighted by atomic mass is 19.4. The summed E-state index contributed by atoms with van der Waals surface area (Å²) < 4.78 is 37.9. The van der Waals surface area contributed by atoms with Crippen molar-refractivity contribution in [2.45, 2.75) is 56.8 Å². The van der Waals surface area contributed by atoms with Gasteiger partial charge in [-0.1, -0.05) is 12.8 Å². The number of amides is 2. The number of urea groups is 1. The van der Waals surface area contributed by atoms with Gasteiger partial charge in [0.05, 0.1) is 0 Å². The van der Waals surface area contributed by atoms with E-state index in [1.807, 2.05) is 6.92 Å². The summed E-state index contributed by atoms with van der Waals surface area (Å²) in [5.41, 5.74) is -2.65. The van der Waals surface area contributed by atoms with Gasteiger partial charge in [0, 0.05) is 32.0 Å². The van der Waals surface area contributed by atoms with Crippen molar-refractivity contribution < 1.29 is 23.1 Å². The Morgan fingerprint density at radius 3 is 2.40 bits per heavy atom. The van der Waals surface area contributed by atoms with Crippen LogP contribution in [0.15, 0.2) is 0 Å². The third-order valence-electron chi connectivity index (χ3n) is 4.16. The molecule has 2 fully saturated rings. The maximum Gasteiger partial charge on any atom is 0.417 e. The highest BCUT2D eigenvalue weighted by Gasteiger charge is 2.54. The Kier molecular flexibility index (Phi) is 4.18. The van der Waals surface area contributed by atoms with E-state index in [2.05, 4.69) is 5.32 Å². The molecule has 0 aromatic heterocycles. The normalized spacial score (nSPS) is 24.4. The third-order valence-corrected chi connectivity index (χ3v) is 4.16. The zero-order valence-corrected chi connectivity index (χ0v) is 11.5. The van der Waals surface area contributed by atoms with Crippen LogP contribution in [0.5, 0.6) is 0 Å². The van der Waals surface area contributed by atoms with Crippen molar-refractivity contribution in [2.24, 2.45) is 5.92 Å². The maximum absolute atomic E-state index is 12.6. The number of nitrogens with one attached hydrogen (secondary N) is 1. The van der Waals surface area contributed by atoms with Crippen LogP contribution in [-0.2, 0) is 0 Å². The topological polar surface area (TPSA) is 52.6 Å². The van der Waals surface area contributed by atoms with Crippen LogP contribution >= 0.6 is 0 Å². The Morgan fingerprint density at radius 2 is 1.95 bits per heavy atom. The van der Waals surface area contributed by atoms with Gasteiger partial charge >= 0.3 is 12.2 Å². The predicted molar refractivity (Wildman–Crippen MR) is 67.1 cm³/mol. The molecule has 2 aliphatic rings. The van der Waals surface area contributed by atoms with Crippen molar-refractivity contribution in [2.75, 3.05) is 13.1 Å². The molecule has 0 aromatic carbocycles. The molecule has 1 heterocycles. The lowest BCUT2D eigenvalue weighted by atomic mass is 9.91. The van der Waals surface area contributed by atoms with Gasteiger partial charge in [0.1, 0.15) is 0 Å². The minimum atomic E-state index is -4.63. The molecule has 1 saturated carbocycles. The molecule has 2 amide bonds. The van der Waals surface area contributed by atoms with Crippen LogP contribution in [0.1, 0.15) is 39.0 Å². The zero-order valence-electron chi connectivity index (χ0n) is 11.5. The molecule has 1 aliphatic carbocycles. The number of carbonyl (C=O) groups excluding carboxylic acids is 1. The summed E-state index contributed by atoms with van der Waals surface area (Å²) in [6.45, 7) is 1.77. The highest BCUT2D eigenvalue weighted by Crippen LogP contribution is 2.38. The standard InChI is InChI=1S/C13H21F3N2O2/c1-9(8-10-2-3-10)17-11(19)18-6-4-12(20,5-7-18)13(14,15)16/h9-10,20H,2-8H2,1H3,(H,17,19). The van der Waals surface area contributed by atoms with E-state index < -0.39 is 24.6 Å². The SMILES string of the molecule is CC(CC1CC1)NC(=O)N1CCC(O)(C(F)(F)F)CC1. The van der Waals surface area contributed by atoms with Crippen LogP contribution in [0.25, 0.3) is 0 Å². The first-order valence-corrected chi connectivity index (χ1v) is 7.06. The van der Waals surface area contributed by atoms with Crippen LogP contribution in [-0.4, -0.2) is 46.9 Å². The molecule has 1 unspecified atom stereocenters. The number of aliphatic hydroxyl groups is 1.